The number of amides is 1. The van der Waals surface area contributed by atoms with Crippen molar-refractivity contribution in [2.75, 3.05) is 4.72 Å². The molecule has 1 fully saturated rings. The molecule has 0 unspecified atom stereocenters. The third-order valence-corrected chi connectivity index (χ3v) is 6.76. The molecule has 1 aliphatic rings. The number of nitrogens with two attached hydrogens (primary N) is 1. The van der Waals surface area contributed by atoms with Gasteiger partial charge in [-0.2, -0.15) is 0 Å². The van der Waals surface area contributed by atoms with Gasteiger partial charge in [0.25, 0.3) is 15.9 Å². The van der Waals surface area contributed by atoms with Crippen LogP contribution in [0.3, 0.4) is 0 Å². The second kappa shape index (κ2) is 8.21. The van der Waals surface area contributed by atoms with Crippen LogP contribution in [0.4, 0.5) is 5.69 Å². The molecule has 3 rings (SSSR count). The number of carbonyl (C=O) groups is 1. The fraction of sp³-hybridized carbons (Fsp3) is 0.409. The first-order valence-electron chi connectivity index (χ1n) is 9.92. The number of nitrogens with one attached hydrogen (secondary N) is 2. The second-order valence-electron chi connectivity index (χ2n) is 9.34. The van der Waals surface area contributed by atoms with Gasteiger partial charge in [0.1, 0.15) is 0 Å². The number of piperidine rings is 1. The molecule has 0 aromatic heterocycles. The van der Waals surface area contributed by atoms with Gasteiger partial charge in [0.2, 0.25) is 0 Å². The summed E-state index contributed by atoms with van der Waals surface area (Å²) in [7, 11) is -3.85. The van der Waals surface area contributed by atoms with Crippen LogP contribution in [0.2, 0.25) is 5.02 Å². The summed E-state index contributed by atoms with van der Waals surface area (Å²) in [6.07, 6.45) is 1.69. The molecule has 1 saturated heterocycles. The lowest BCUT2D eigenvalue weighted by Crippen LogP contribution is -3.06. The topological polar surface area (TPSA) is 91.9 Å². The number of rotatable bonds is 5. The quantitative estimate of drug-likeness (QED) is 0.653. The first-order chi connectivity index (χ1) is 13.9. The maximum atomic E-state index is 12.9. The monoisotopic (exact) mass is 450 g/mol. The molecule has 0 aliphatic carbocycles. The highest BCUT2D eigenvalue weighted by atomic mass is 35.5. The molecular weight excluding hydrogens is 422 g/mol. The van der Waals surface area contributed by atoms with Crippen LogP contribution in [0.15, 0.2) is 53.4 Å². The Kier molecular flexibility index (Phi) is 6.18. The highest BCUT2D eigenvalue weighted by molar-refractivity contribution is 7.92. The van der Waals surface area contributed by atoms with Crippen LogP contribution in [-0.2, 0) is 10.0 Å². The van der Waals surface area contributed by atoms with Crippen molar-refractivity contribution < 1.29 is 18.5 Å². The zero-order valence-electron chi connectivity index (χ0n) is 17.7. The normalized spacial score (nSPS) is 18.6. The average molecular weight is 451 g/mol. The van der Waals surface area contributed by atoms with Gasteiger partial charge in [-0.05, 0) is 64.1 Å². The van der Waals surface area contributed by atoms with Crippen LogP contribution in [-0.4, -0.2) is 31.4 Å². The van der Waals surface area contributed by atoms with Gasteiger partial charge in [-0.3, -0.25) is 9.52 Å². The van der Waals surface area contributed by atoms with E-state index in [1.165, 1.54) is 18.2 Å². The van der Waals surface area contributed by atoms with E-state index in [4.69, 9.17) is 11.6 Å². The van der Waals surface area contributed by atoms with Crippen molar-refractivity contribution in [1.82, 2.24) is 5.32 Å². The summed E-state index contributed by atoms with van der Waals surface area (Å²) in [5, 5.41) is 5.86. The van der Waals surface area contributed by atoms with Crippen LogP contribution in [0.25, 0.3) is 0 Å². The van der Waals surface area contributed by atoms with Crippen molar-refractivity contribution >= 4 is 33.2 Å². The van der Waals surface area contributed by atoms with E-state index in [9.17, 15) is 13.2 Å². The molecule has 0 bridgehead atoms. The zero-order valence-corrected chi connectivity index (χ0v) is 19.3. The summed E-state index contributed by atoms with van der Waals surface area (Å²) >= 11 is 5.93. The minimum absolute atomic E-state index is 0.0196. The zero-order chi connectivity index (χ0) is 22.2. The predicted octanol–water partition coefficient (Wildman–Crippen LogP) is 3.15. The van der Waals surface area contributed by atoms with Gasteiger partial charge in [-0.1, -0.05) is 23.7 Å². The average Bonchev–Trinajstić information content (AvgIpc) is 2.58. The Balaban J connectivity index is 1.77. The number of hydrogen-bond donors (Lipinski definition) is 3. The van der Waals surface area contributed by atoms with Crippen molar-refractivity contribution in [1.29, 1.82) is 0 Å². The van der Waals surface area contributed by atoms with Crippen LogP contribution in [0.1, 0.15) is 50.9 Å². The molecule has 30 heavy (non-hydrogen) atoms. The molecule has 1 aliphatic heterocycles. The summed E-state index contributed by atoms with van der Waals surface area (Å²) in [6, 6.07) is 12.5. The van der Waals surface area contributed by atoms with Gasteiger partial charge in [0, 0.05) is 29.5 Å². The number of anilines is 1. The van der Waals surface area contributed by atoms with E-state index in [-0.39, 0.29) is 27.9 Å². The third-order valence-electron chi connectivity index (χ3n) is 5.15. The molecule has 0 saturated carbocycles. The fourth-order valence-corrected chi connectivity index (χ4v) is 5.74. The van der Waals surface area contributed by atoms with E-state index < -0.39 is 10.0 Å². The van der Waals surface area contributed by atoms with E-state index in [1.807, 2.05) is 0 Å². The maximum absolute atomic E-state index is 12.9. The van der Waals surface area contributed by atoms with E-state index in [1.54, 1.807) is 30.3 Å². The van der Waals surface area contributed by atoms with E-state index >= 15 is 0 Å². The van der Waals surface area contributed by atoms with Crippen molar-refractivity contribution in [3.8, 4) is 0 Å². The predicted molar refractivity (Wildman–Crippen MR) is 119 cm³/mol. The number of hydrogen-bond acceptors (Lipinski definition) is 3. The third kappa shape index (κ3) is 5.74. The summed E-state index contributed by atoms with van der Waals surface area (Å²) in [5.41, 5.74) is 0.715. The van der Waals surface area contributed by atoms with Crippen molar-refractivity contribution in [3.63, 3.8) is 0 Å². The van der Waals surface area contributed by atoms with Gasteiger partial charge < -0.3 is 10.6 Å². The molecule has 0 radical (unpaired) electrons. The SMILES string of the molecule is CC1(C)CC(NC(=O)c2cccc(S(=O)(=O)Nc3cccc(Cl)c3)c2)CC(C)(C)[NH2+]1. The second-order valence-corrected chi connectivity index (χ2v) is 11.5. The van der Waals surface area contributed by atoms with Gasteiger partial charge in [-0.15, -0.1) is 0 Å². The number of sulfonamides is 1. The van der Waals surface area contributed by atoms with Gasteiger partial charge in [-0.25, -0.2) is 8.42 Å². The highest BCUT2D eigenvalue weighted by Gasteiger charge is 2.42. The van der Waals surface area contributed by atoms with Crippen LogP contribution < -0.4 is 15.4 Å². The Morgan fingerprint density at radius 1 is 1.03 bits per heavy atom. The highest BCUT2D eigenvalue weighted by Crippen LogP contribution is 2.23. The van der Waals surface area contributed by atoms with Gasteiger partial charge >= 0.3 is 0 Å². The fourth-order valence-electron chi connectivity index (χ4n) is 4.46. The van der Waals surface area contributed by atoms with Crippen LogP contribution in [0.5, 0.6) is 0 Å². The Bertz CT molecular complexity index is 1040. The van der Waals surface area contributed by atoms with Crippen LogP contribution >= 0.6 is 11.6 Å². The largest absolute Gasteiger partial charge is 0.349 e. The number of carbonyl (C=O) groups excluding carboxylic acids is 1. The van der Waals surface area contributed by atoms with Crippen molar-refractivity contribution in [2.45, 2.75) is 62.6 Å². The van der Waals surface area contributed by atoms with Gasteiger partial charge in [0.15, 0.2) is 0 Å². The van der Waals surface area contributed by atoms with Gasteiger partial charge in [0.05, 0.1) is 21.7 Å². The molecule has 8 heteroatoms. The molecule has 2 aromatic rings. The van der Waals surface area contributed by atoms with E-state index in [0.29, 0.717) is 16.3 Å². The lowest BCUT2D eigenvalue weighted by molar-refractivity contribution is -0.787. The number of benzene rings is 2. The summed E-state index contributed by atoms with van der Waals surface area (Å²) in [6.45, 7) is 8.67. The standard InChI is InChI=1S/C22H28ClN3O3S/c1-21(2)13-18(14-22(3,4)26-21)24-20(27)15-7-5-10-19(11-15)30(28,29)25-17-9-6-8-16(23)12-17/h5-12,18,25-26H,13-14H2,1-4H3,(H,24,27)/p+1. The lowest BCUT2D eigenvalue weighted by atomic mass is 9.79. The molecular formula is C22H29ClN3O3S+. The molecule has 6 nitrogen and oxygen atoms in total. The molecule has 4 N–H and O–H groups in total. The molecule has 162 valence electrons. The number of halogens is 1. The Labute approximate surface area is 183 Å². The smallest absolute Gasteiger partial charge is 0.261 e. The van der Waals surface area contributed by atoms with Crippen molar-refractivity contribution in [2.24, 2.45) is 0 Å². The minimum atomic E-state index is -3.85. The lowest BCUT2D eigenvalue weighted by Gasteiger charge is -2.43. The minimum Gasteiger partial charge on any atom is -0.349 e. The Morgan fingerprint density at radius 2 is 1.67 bits per heavy atom. The maximum Gasteiger partial charge on any atom is 0.261 e. The first-order valence-corrected chi connectivity index (χ1v) is 11.8. The Hall–Kier alpha value is -2.09. The number of quaternary nitrogens is 1. The molecule has 2 aromatic carbocycles. The molecule has 1 heterocycles. The van der Waals surface area contributed by atoms with Crippen LogP contribution in [0, 0.1) is 0 Å². The summed E-state index contributed by atoms with van der Waals surface area (Å²) in [5.74, 6) is -0.270. The first kappa shape index (κ1) is 22.6. The molecule has 0 spiro atoms. The van der Waals surface area contributed by atoms with E-state index in [2.05, 4.69) is 43.1 Å². The van der Waals surface area contributed by atoms with E-state index in [0.717, 1.165) is 12.8 Å². The Morgan fingerprint density at radius 3 is 2.30 bits per heavy atom. The molecule has 0 atom stereocenters. The molecule has 1 amide bonds. The van der Waals surface area contributed by atoms with Crippen molar-refractivity contribution in [3.05, 3.63) is 59.1 Å². The summed E-state index contributed by atoms with van der Waals surface area (Å²) < 4.78 is 28.0. The summed E-state index contributed by atoms with van der Waals surface area (Å²) in [4.78, 5) is 12.9.